The summed E-state index contributed by atoms with van der Waals surface area (Å²) in [6, 6.07) is 11.7. The number of halogens is 1. The summed E-state index contributed by atoms with van der Waals surface area (Å²) < 4.78 is 5.54. The predicted octanol–water partition coefficient (Wildman–Crippen LogP) is 3.54. The van der Waals surface area contributed by atoms with Crippen molar-refractivity contribution in [3.8, 4) is 17.4 Å². The first-order valence-electron chi connectivity index (χ1n) is 9.08. The number of rotatable bonds is 4. The van der Waals surface area contributed by atoms with Gasteiger partial charge in [-0.3, -0.25) is 4.90 Å². The van der Waals surface area contributed by atoms with Gasteiger partial charge in [-0.2, -0.15) is 5.26 Å². The first-order chi connectivity index (χ1) is 13.7. The minimum Gasteiger partial charge on any atom is -0.356 e. The van der Waals surface area contributed by atoms with Gasteiger partial charge in [-0.1, -0.05) is 28.9 Å². The molecule has 0 aliphatic carbocycles. The molecule has 3 aromatic rings. The van der Waals surface area contributed by atoms with Crippen molar-refractivity contribution in [1.82, 2.24) is 20.0 Å². The van der Waals surface area contributed by atoms with Gasteiger partial charge in [0.1, 0.15) is 11.8 Å². The van der Waals surface area contributed by atoms with Crippen molar-refractivity contribution in [3.05, 3.63) is 59.1 Å². The summed E-state index contributed by atoms with van der Waals surface area (Å²) in [5.41, 5.74) is 2.17. The van der Waals surface area contributed by atoms with E-state index in [1.54, 1.807) is 12.4 Å². The Labute approximate surface area is 168 Å². The van der Waals surface area contributed by atoms with Crippen LogP contribution in [0.2, 0.25) is 5.02 Å². The van der Waals surface area contributed by atoms with E-state index in [4.69, 9.17) is 16.1 Å². The van der Waals surface area contributed by atoms with Crippen molar-refractivity contribution in [2.75, 3.05) is 31.1 Å². The van der Waals surface area contributed by atoms with E-state index in [1.165, 1.54) is 0 Å². The van der Waals surface area contributed by atoms with Crippen LogP contribution in [0, 0.1) is 11.3 Å². The Morgan fingerprint density at radius 3 is 2.68 bits per heavy atom. The minimum absolute atomic E-state index is 0.121. The number of hydrogen-bond donors (Lipinski definition) is 0. The highest BCUT2D eigenvalue weighted by Gasteiger charge is 2.26. The highest BCUT2D eigenvalue weighted by molar-refractivity contribution is 6.30. The Kier molecular flexibility index (Phi) is 5.24. The number of hydrogen-bond acceptors (Lipinski definition) is 7. The summed E-state index contributed by atoms with van der Waals surface area (Å²) in [4.78, 5) is 12.9. The van der Waals surface area contributed by atoms with Gasteiger partial charge >= 0.3 is 0 Å². The number of anilines is 1. The Balaban J connectivity index is 1.43. The molecule has 8 heteroatoms. The van der Waals surface area contributed by atoms with E-state index < -0.39 is 0 Å². The fourth-order valence-corrected chi connectivity index (χ4v) is 3.60. The summed E-state index contributed by atoms with van der Waals surface area (Å²) in [5.74, 6) is 1.36. The second-order valence-corrected chi connectivity index (χ2v) is 7.10. The zero-order chi connectivity index (χ0) is 19.5. The molecule has 1 saturated heterocycles. The van der Waals surface area contributed by atoms with Crippen LogP contribution in [0.1, 0.15) is 24.4 Å². The van der Waals surface area contributed by atoms with Gasteiger partial charge in [0.25, 0.3) is 0 Å². The fraction of sp³-hybridized carbons (Fsp3) is 0.300. The maximum atomic E-state index is 9.23. The largest absolute Gasteiger partial charge is 0.356 e. The van der Waals surface area contributed by atoms with E-state index in [0.29, 0.717) is 22.3 Å². The van der Waals surface area contributed by atoms with E-state index in [0.717, 1.165) is 37.4 Å². The third kappa shape index (κ3) is 3.70. The Hall–Kier alpha value is -2.95. The third-order valence-corrected chi connectivity index (χ3v) is 5.25. The van der Waals surface area contributed by atoms with E-state index in [9.17, 15) is 5.26 Å². The number of aromatic nitrogens is 3. The smallest absolute Gasteiger partial charge is 0.183 e. The van der Waals surface area contributed by atoms with Crippen LogP contribution < -0.4 is 4.90 Å². The Morgan fingerprint density at radius 2 is 1.93 bits per heavy atom. The molecule has 1 fully saturated rings. The molecule has 4 rings (SSSR count). The first kappa shape index (κ1) is 18.4. The molecular weight excluding hydrogens is 376 g/mol. The lowest BCUT2D eigenvalue weighted by Crippen LogP contribution is -2.47. The van der Waals surface area contributed by atoms with Gasteiger partial charge in [0.2, 0.25) is 0 Å². The molecule has 1 aliphatic rings. The van der Waals surface area contributed by atoms with Crippen molar-refractivity contribution in [2.24, 2.45) is 0 Å². The van der Waals surface area contributed by atoms with Crippen LogP contribution in [-0.2, 0) is 0 Å². The van der Waals surface area contributed by atoms with Crippen LogP contribution in [0.5, 0.6) is 0 Å². The van der Waals surface area contributed by atoms with Crippen LogP contribution in [0.25, 0.3) is 11.3 Å². The predicted molar refractivity (Wildman–Crippen MR) is 106 cm³/mol. The van der Waals surface area contributed by atoms with Gasteiger partial charge in [0.05, 0.1) is 6.04 Å². The molecule has 7 nitrogen and oxygen atoms in total. The lowest BCUT2D eigenvalue weighted by molar-refractivity contribution is 0.190. The summed E-state index contributed by atoms with van der Waals surface area (Å²) in [6.07, 6.45) is 3.17. The van der Waals surface area contributed by atoms with Crippen molar-refractivity contribution >= 4 is 17.4 Å². The van der Waals surface area contributed by atoms with Crippen molar-refractivity contribution in [1.29, 1.82) is 5.26 Å². The summed E-state index contributed by atoms with van der Waals surface area (Å²) in [5, 5.41) is 14.2. The molecule has 0 bridgehead atoms. The van der Waals surface area contributed by atoms with Crippen molar-refractivity contribution in [3.63, 3.8) is 0 Å². The summed E-state index contributed by atoms with van der Waals surface area (Å²) in [6.45, 7) is 5.34. The van der Waals surface area contributed by atoms with E-state index in [2.05, 4.69) is 37.9 Å². The van der Waals surface area contributed by atoms with Crippen LogP contribution in [0.3, 0.4) is 0 Å². The van der Waals surface area contributed by atoms with Crippen molar-refractivity contribution < 1.29 is 4.52 Å². The van der Waals surface area contributed by atoms with Crippen molar-refractivity contribution in [2.45, 2.75) is 13.0 Å². The highest BCUT2D eigenvalue weighted by Crippen LogP contribution is 2.28. The van der Waals surface area contributed by atoms with E-state index in [-0.39, 0.29) is 6.04 Å². The Morgan fingerprint density at radius 1 is 1.14 bits per heavy atom. The topological polar surface area (TPSA) is 82.1 Å². The van der Waals surface area contributed by atoms with E-state index >= 15 is 0 Å². The quantitative estimate of drug-likeness (QED) is 0.669. The molecule has 0 amide bonds. The second kappa shape index (κ2) is 7.97. The zero-order valence-electron chi connectivity index (χ0n) is 15.4. The number of nitriles is 1. The lowest BCUT2D eigenvalue weighted by atomic mass is 10.1. The molecule has 142 valence electrons. The van der Waals surface area contributed by atoms with Gasteiger partial charge in [0, 0.05) is 55.2 Å². The minimum atomic E-state index is 0.121. The molecule has 0 saturated carbocycles. The average Bonchev–Trinajstić information content (AvgIpc) is 3.24. The van der Waals surface area contributed by atoms with Crippen LogP contribution in [0.15, 0.2) is 47.2 Å². The molecule has 0 spiro atoms. The molecule has 3 heterocycles. The Bertz CT molecular complexity index is 1010. The molecule has 0 N–H and O–H groups in total. The normalized spacial score (nSPS) is 16.0. The second-order valence-electron chi connectivity index (χ2n) is 6.67. The molecule has 1 aliphatic heterocycles. The van der Waals surface area contributed by atoms with Crippen LogP contribution in [-0.4, -0.2) is 46.2 Å². The molecule has 1 atom stereocenters. The van der Waals surface area contributed by atoms with Gasteiger partial charge in [0.15, 0.2) is 17.3 Å². The lowest BCUT2D eigenvalue weighted by Gasteiger charge is -2.37. The highest BCUT2D eigenvalue weighted by atomic mass is 35.5. The van der Waals surface area contributed by atoms with Crippen LogP contribution >= 0.6 is 11.6 Å². The molecular formula is C20H19ClN6O. The maximum Gasteiger partial charge on any atom is 0.183 e. The third-order valence-electron chi connectivity index (χ3n) is 5.01. The van der Waals surface area contributed by atoms with Gasteiger partial charge < -0.3 is 9.42 Å². The fourth-order valence-electron chi connectivity index (χ4n) is 3.41. The van der Waals surface area contributed by atoms with Gasteiger partial charge in [-0.25, -0.2) is 9.97 Å². The molecule has 28 heavy (non-hydrogen) atoms. The standard InChI is InChI=1S/C20H19ClN6O/c1-14(17-12-19(28-25-17)15-3-2-4-16(21)11-15)26-7-9-27(10-8-26)20-18(13-22)23-5-6-24-20/h2-6,11-12,14H,7-10H2,1H3. The SMILES string of the molecule is CC(c1cc(-c2cccc(Cl)c2)on1)N1CCN(c2nccnc2C#N)CC1. The summed E-state index contributed by atoms with van der Waals surface area (Å²) >= 11 is 6.07. The first-order valence-corrected chi connectivity index (χ1v) is 9.46. The van der Waals surface area contributed by atoms with Gasteiger partial charge in [-0.15, -0.1) is 0 Å². The van der Waals surface area contributed by atoms with Crippen LogP contribution in [0.4, 0.5) is 5.82 Å². The molecule has 1 unspecified atom stereocenters. The molecule has 2 aromatic heterocycles. The molecule has 1 aromatic carbocycles. The molecule has 0 radical (unpaired) electrons. The number of piperazine rings is 1. The summed E-state index contributed by atoms with van der Waals surface area (Å²) in [7, 11) is 0. The number of benzene rings is 1. The maximum absolute atomic E-state index is 9.23. The number of nitrogens with zero attached hydrogens (tertiary/aromatic N) is 6. The monoisotopic (exact) mass is 394 g/mol. The zero-order valence-corrected chi connectivity index (χ0v) is 16.2. The van der Waals surface area contributed by atoms with E-state index in [1.807, 2.05) is 30.3 Å². The van der Waals surface area contributed by atoms with Gasteiger partial charge in [-0.05, 0) is 19.1 Å². The average molecular weight is 395 g/mol.